The minimum atomic E-state index is -0.116. The summed E-state index contributed by atoms with van der Waals surface area (Å²) in [6.07, 6.45) is 2.61. The van der Waals surface area contributed by atoms with E-state index >= 15 is 0 Å². The van der Waals surface area contributed by atoms with E-state index in [2.05, 4.69) is 28.7 Å². The highest BCUT2D eigenvalue weighted by Gasteiger charge is 2.32. The topological polar surface area (TPSA) is 55.3 Å². The summed E-state index contributed by atoms with van der Waals surface area (Å²) in [7, 11) is 0. The maximum Gasteiger partial charge on any atom is 0.226 e. The van der Waals surface area contributed by atoms with Gasteiger partial charge in [-0.15, -0.1) is 0 Å². The van der Waals surface area contributed by atoms with Gasteiger partial charge in [-0.25, -0.2) is 9.97 Å². The Morgan fingerprint density at radius 2 is 2.25 bits per heavy atom. The van der Waals surface area contributed by atoms with E-state index in [0.29, 0.717) is 24.7 Å². The summed E-state index contributed by atoms with van der Waals surface area (Å²) in [5.41, 5.74) is 1.37. The molecule has 0 saturated carbocycles. The molecule has 0 radical (unpaired) electrons. The normalized spacial score (nSPS) is 18.2. The van der Waals surface area contributed by atoms with Gasteiger partial charge in [-0.05, 0) is 32.0 Å². The van der Waals surface area contributed by atoms with Crippen LogP contribution in [0.25, 0.3) is 10.9 Å². The van der Waals surface area contributed by atoms with Crippen LogP contribution in [-0.4, -0.2) is 41.6 Å². The minimum Gasteiger partial charge on any atom is -0.377 e. The van der Waals surface area contributed by atoms with Gasteiger partial charge in [-0.3, -0.25) is 4.79 Å². The molecule has 1 aliphatic rings. The van der Waals surface area contributed by atoms with Gasteiger partial charge in [0.1, 0.15) is 6.29 Å². The number of ether oxygens (including phenoxy) is 1. The third kappa shape index (κ3) is 2.25. The lowest BCUT2D eigenvalue weighted by Gasteiger charge is -2.42. The SMILES string of the molecule is CC1(C)COCCN1c1ncc2cc(C=O)ccc2n1. The molecule has 1 aliphatic heterocycles. The molecule has 3 rings (SSSR count). The molecule has 0 N–H and O–H groups in total. The maximum absolute atomic E-state index is 10.8. The molecule has 104 valence electrons. The van der Waals surface area contributed by atoms with Crippen LogP contribution in [0.1, 0.15) is 24.2 Å². The smallest absolute Gasteiger partial charge is 0.226 e. The molecular weight excluding hydrogens is 254 g/mol. The number of benzene rings is 1. The van der Waals surface area contributed by atoms with Crippen LogP contribution in [0.3, 0.4) is 0 Å². The monoisotopic (exact) mass is 271 g/mol. The predicted octanol–water partition coefficient (Wildman–Crippen LogP) is 2.06. The fourth-order valence-electron chi connectivity index (χ4n) is 2.47. The third-order valence-electron chi connectivity index (χ3n) is 3.61. The van der Waals surface area contributed by atoms with E-state index in [-0.39, 0.29) is 5.54 Å². The summed E-state index contributed by atoms with van der Waals surface area (Å²) in [6, 6.07) is 5.44. The third-order valence-corrected chi connectivity index (χ3v) is 3.61. The molecule has 5 nitrogen and oxygen atoms in total. The second-order valence-corrected chi connectivity index (χ2v) is 5.62. The molecule has 0 amide bonds. The molecule has 1 fully saturated rings. The Bertz CT molecular complexity index is 655. The summed E-state index contributed by atoms with van der Waals surface area (Å²) < 4.78 is 5.52. The number of hydrogen-bond donors (Lipinski definition) is 0. The molecule has 0 spiro atoms. The molecule has 0 atom stereocenters. The average molecular weight is 271 g/mol. The van der Waals surface area contributed by atoms with E-state index in [9.17, 15) is 4.79 Å². The fraction of sp³-hybridized carbons (Fsp3) is 0.400. The lowest BCUT2D eigenvalue weighted by molar-refractivity contribution is 0.0634. The molecule has 0 unspecified atom stereocenters. The number of hydrogen-bond acceptors (Lipinski definition) is 5. The van der Waals surface area contributed by atoms with Crippen LogP contribution in [0.2, 0.25) is 0 Å². The van der Waals surface area contributed by atoms with Crippen LogP contribution in [0.15, 0.2) is 24.4 Å². The molecule has 20 heavy (non-hydrogen) atoms. The quantitative estimate of drug-likeness (QED) is 0.782. The first-order chi connectivity index (χ1) is 9.60. The Kier molecular flexibility index (Phi) is 3.14. The highest BCUT2D eigenvalue weighted by Crippen LogP contribution is 2.25. The largest absolute Gasteiger partial charge is 0.377 e. The van der Waals surface area contributed by atoms with E-state index in [4.69, 9.17) is 4.74 Å². The number of rotatable bonds is 2. The summed E-state index contributed by atoms with van der Waals surface area (Å²) in [4.78, 5) is 22.0. The van der Waals surface area contributed by atoms with Crippen molar-refractivity contribution in [2.45, 2.75) is 19.4 Å². The zero-order valence-electron chi connectivity index (χ0n) is 11.7. The molecule has 1 saturated heterocycles. The van der Waals surface area contributed by atoms with Crippen molar-refractivity contribution >= 4 is 23.1 Å². The first-order valence-corrected chi connectivity index (χ1v) is 6.67. The van der Waals surface area contributed by atoms with E-state index < -0.39 is 0 Å². The van der Waals surface area contributed by atoms with Crippen LogP contribution >= 0.6 is 0 Å². The summed E-state index contributed by atoms with van der Waals surface area (Å²) >= 11 is 0. The fourth-order valence-corrected chi connectivity index (χ4v) is 2.47. The summed E-state index contributed by atoms with van der Waals surface area (Å²) in [5.74, 6) is 0.713. The lowest BCUT2D eigenvalue weighted by atomic mass is 10.0. The lowest BCUT2D eigenvalue weighted by Crippen LogP contribution is -2.53. The van der Waals surface area contributed by atoms with Gasteiger partial charge < -0.3 is 9.64 Å². The highest BCUT2D eigenvalue weighted by atomic mass is 16.5. The van der Waals surface area contributed by atoms with Gasteiger partial charge in [0, 0.05) is 23.7 Å². The van der Waals surface area contributed by atoms with Crippen molar-refractivity contribution in [1.29, 1.82) is 0 Å². The number of anilines is 1. The number of aldehydes is 1. The van der Waals surface area contributed by atoms with Crippen LogP contribution in [0.4, 0.5) is 5.95 Å². The number of morpholine rings is 1. The van der Waals surface area contributed by atoms with Crippen molar-refractivity contribution in [2.24, 2.45) is 0 Å². The highest BCUT2D eigenvalue weighted by molar-refractivity contribution is 5.86. The van der Waals surface area contributed by atoms with Crippen LogP contribution in [0, 0.1) is 0 Å². The summed E-state index contributed by atoms with van der Waals surface area (Å²) in [6.45, 7) is 6.38. The van der Waals surface area contributed by atoms with E-state index in [1.54, 1.807) is 18.3 Å². The molecular formula is C15H17N3O2. The first kappa shape index (κ1) is 13.0. The van der Waals surface area contributed by atoms with Crippen LogP contribution in [0.5, 0.6) is 0 Å². The second-order valence-electron chi connectivity index (χ2n) is 5.62. The molecule has 5 heteroatoms. The van der Waals surface area contributed by atoms with Crippen molar-refractivity contribution in [3.05, 3.63) is 30.0 Å². The number of carbonyl (C=O) groups excluding carboxylic acids is 1. The zero-order valence-corrected chi connectivity index (χ0v) is 11.7. The minimum absolute atomic E-state index is 0.116. The average Bonchev–Trinajstić information content (AvgIpc) is 2.45. The standard InChI is InChI=1S/C15H17N3O2/c1-15(2)10-20-6-5-18(15)14-16-8-12-7-11(9-19)3-4-13(12)17-14/h3-4,7-9H,5-6,10H2,1-2H3. The molecule has 2 heterocycles. The first-order valence-electron chi connectivity index (χ1n) is 6.67. The van der Waals surface area contributed by atoms with Crippen molar-refractivity contribution in [3.63, 3.8) is 0 Å². The van der Waals surface area contributed by atoms with Crippen molar-refractivity contribution in [3.8, 4) is 0 Å². The number of fused-ring (bicyclic) bond motifs is 1. The van der Waals surface area contributed by atoms with Crippen molar-refractivity contribution in [2.75, 3.05) is 24.7 Å². The van der Waals surface area contributed by atoms with Gasteiger partial charge in [-0.2, -0.15) is 0 Å². The van der Waals surface area contributed by atoms with E-state index in [0.717, 1.165) is 23.7 Å². The second kappa shape index (κ2) is 4.83. The van der Waals surface area contributed by atoms with Gasteiger partial charge in [0.25, 0.3) is 0 Å². The molecule has 0 bridgehead atoms. The van der Waals surface area contributed by atoms with Gasteiger partial charge >= 0.3 is 0 Å². The van der Waals surface area contributed by atoms with Crippen molar-refractivity contribution in [1.82, 2.24) is 9.97 Å². The number of nitrogens with zero attached hydrogens (tertiary/aromatic N) is 3. The summed E-state index contributed by atoms with van der Waals surface area (Å²) in [5, 5.41) is 0.879. The predicted molar refractivity (Wildman–Crippen MR) is 77.2 cm³/mol. The number of carbonyl (C=O) groups is 1. The molecule has 1 aromatic carbocycles. The van der Waals surface area contributed by atoms with Gasteiger partial charge in [-0.1, -0.05) is 0 Å². The Morgan fingerprint density at radius 3 is 3.00 bits per heavy atom. The maximum atomic E-state index is 10.8. The van der Waals surface area contributed by atoms with Gasteiger partial charge in [0.15, 0.2) is 0 Å². The van der Waals surface area contributed by atoms with Gasteiger partial charge in [0.2, 0.25) is 5.95 Å². The van der Waals surface area contributed by atoms with Crippen molar-refractivity contribution < 1.29 is 9.53 Å². The molecule has 2 aromatic rings. The van der Waals surface area contributed by atoms with Crippen LogP contribution < -0.4 is 4.90 Å². The molecule has 1 aromatic heterocycles. The van der Waals surface area contributed by atoms with E-state index in [1.165, 1.54) is 0 Å². The van der Waals surface area contributed by atoms with Crippen LogP contribution in [-0.2, 0) is 4.74 Å². The Hall–Kier alpha value is -2.01. The van der Waals surface area contributed by atoms with E-state index in [1.807, 2.05) is 6.07 Å². The Labute approximate surface area is 117 Å². The Balaban J connectivity index is 2.02. The zero-order chi connectivity index (χ0) is 14.2. The van der Waals surface area contributed by atoms with Gasteiger partial charge in [0.05, 0.1) is 24.3 Å². The number of aromatic nitrogens is 2. The Morgan fingerprint density at radius 1 is 1.40 bits per heavy atom. The molecule has 0 aliphatic carbocycles.